The van der Waals surface area contributed by atoms with Crippen molar-refractivity contribution in [3.05, 3.63) is 66.0 Å². The van der Waals surface area contributed by atoms with Gasteiger partial charge in [-0.05, 0) is 54.1 Å². The summed E-state index contributed by atoms with van der Waals surface area (Å²) in [6, 6.07) is 13.3. The lowest BCUT2D eigenvalue weighted by atomic mass is 10.0. The van der Waals surface area contributed by atoms with E-state index in [4.69, 9.17) is 18.9 Å². The van der Waals surface area contributed by atoms with E-state index in [9.17, 15) is 8.42 Å². The predicted octanol–water partition coefficient (Wildman–Crippen LogP) is 3.32. The van der Waals surface area contributed by atoms with E-state index in [2.05, 4.69) is 4.57 Å². The Morgan fingerprint density at radius 3 is 2.06 bits per heavy atom. The van der Waals surface area contributed by atoms with E-state index < -0.39 is 16.1 Å². The van der Waals surface area contributed by atoms with Crippen LogP contribution in [0.15, 0.2) is 59.6 Å². The Morgan fingerprint density at radius 2 is 1.50 bits per heavy atom. The number of hydrogen-bond acceptors (Lipinski definition) is 6. The number of benzene rings is 2. The first-order valence-electron chi connectivity index (χ1n) is 10.1. The number of methoxy groups -OCH3 is 4. The van der Waals surface area contributed by atoms with Crippen LogP contribution in [-0.4, -0.2) is 52.3 Å². The standard InChI is InChI=1S/C23H26N2O6S/c1-28-17-7-9-18(10-8-17)32(26,27)25-13-12-24-11-5-6-19(24)22(25)16-14-20(29-2)23(31-4)21(15-16)30-3/h5-11,14-15,22H,12-13H2,1-4H3. The van der Waals surface area contributed by atoms with E-state index >= 15 is 0 Å². The summed E-state index contributed by atoms with van der Waals surface area (Å²) in [5.41, 5.74) is 1.58. The SMILES string of the molecule is COc1ccc(S(=O)(=O)N2CCn3cccc3C2c2cc(OC)c(OC)c(OC)c2)cc1. The van der Waals surface area contributed by atoms with Crippen molar-refractivity contribution in [2.75, 3.05) is 35.0 Å². The summed E-state index contributed by atoms with van der Waals surface area (Å²) < 4.78 is 52.7. The molecule has 2 heterocycles. The molecule has 3 aromatic rings. The van der Waals surface area contributed by atoms with Crippen LogP contribution in [0, 0.1) is 0 Å². The van der Waals surface area contributed by atoms with Crippen LogP contribution in [0.25, 0.3) is 0 Å². The molecule has 0 radical (unpaired) electrons. The molecule has 0 saturated carbocycles. The van der Waals surface area contributed by atoms with Gasteiger partial charge < -0.3 is 23.5 Å². The van der Waals surface area contributed by atoms with Crippen molar-refractivity contribution in [2.24, 2.45) is 0 Å². The van der Waals surface area contributed by atoms with Crippen LogP contribution < -0.4 is 18.9 Å². The van der Waals surface area contributed by atoms with Gasteiger partial charge in [0.05, 0.1) is 39.4 Å². The van der Waals surface area contributed by atoms with Gasteiger partial charge in [-0.1, -0.05) is 0 Å². The van der Waals surface area contributed by atoms with E-state index in [0.717, 1.165) is 11.3 Å². The van der Waals surface area contributed by atoms with Crippen molar-refractivity contribution in [1.82, 2.24) is 8.87 Å². The van der Waals surface area contributed by atoms with Gasteiger partial charge in [-0.3, -0.25) is 0 Å². The monoisotopic (exact) mass is 458 g/mol. The highest BCUT2D eigenvalue weighted by atomic mass is 32.2. The molecule has 0 N–H and O–H groups in total. The smallest absolute Gasteiger partial charge is 0.244 e. The van der Waals surface area contributed by atoms with E-state index in [0.29, 0.717) is 36.1 Å². The second kappa shape index (κ2) is 8.76. The molecule has 32 heavy (non-hydrogen) atoms. The highest BCUT2D eigenvalue weighted by molar-refractivity contribution is 7.89. The summed E-state index contributed by atoms with van der Waals surface area (Å²) in [7, 11) is 2.35. The molecule has 0 aliphatic carbocycles. The molecule has 4 rings (SSSR count). The molecule has 170 valence electrons. The highest BCUT2D eigenvalue weighted by Crippen LogP contribution is 2.44. The Hall–Kier alpha value is -3.17. The van der Waals surface area contributed by atoms with Gasteiger partial charge in [-0.2, -0.15) is 4.31 Å². The second-order valence-corrected chi connectivity index (χ2v) is 9.17. The molecule has 2 aromatic carbocycles. The van der Waals surface area contributed by atoms with Crippen molar-refractivity contribution in [1.29, 1.82) is 0 Å². The number of fused-ring (bicyclic) bond motifs is 1. The summed E-state index contributed by atoms with van der Waals surface area (Å²) >= 11 is 0. The first kappa shape index (κ1) is 22.0. The number of aromatic nitrogens is 1. The first-order valence-corrected chi connectivity index (χ1v) is 11.5. The van der Waals surface area contributed by atoms with Gasteiger partial charge in [0.2, 0.25) is 15.8 Å². The largest absolute Gasteiger partial charge is 0.497 e. The molecule has 1 aliphatic heterocycles. The lowest BCUT2D eigenvalue weighted by Crippen LogP contribution is -2.42. The summed E-state index contributed by atoms with van der Waals surface area (Å²) in [6.45, 7) is 0.871. The molecule has 0 amide bonds. The molecule has 1 atom stereocenters. The summed E-state index contributed by atoms with van der Waals surface area (Å²) in [6.07, 6.45) is 1.96. The lowest BCUT2D eigenvalue weighted by molar-refractivity contribution is 0.293. The van der Waals surface area contributed by atoms with Crippen LogP contribution in [0.5, 0.6) is 23.0 Å². The highest BCUT2D eigenvalue weighted by Gasteiger charge is 2.38. The first-order chi connectivity index (χ1) is 15.4. The molecule has 1 aliphatic rings. The van der Waals surface area contributed by atoms with Gasteiger partial charge in [-0.25, -0.2) is 8.42 Å². The molecule has 0 spiro atoms. The topological polar surface area (TPSA) is 79.2 Å². The van der Waals surface area contributed by atoms with Crippen molar-refractivity contribution in [3.8, 4) is 23.0 Å². The number of nitrogens with zero attached hydrogens (tertiary/aromatic N) is 2. The fourth-order valence-electron chi connectivity index (χ4n) is 4.10. The number of hydrogen-bond donors (Lipinski definition) is 0. The average molecular weight is 459 g/mol. The zero-order valence-electron chi connectivity index (χ0n) is 18.4. The normalized spacial score (nSPS) is 16.3. The molecule has 1 aromatic heterocycles. The van der Waals surface area contributed by atoms with Crippen LogP contribution >= 0.6 is 0 Å². The van der Waals surface area contributed by atoms with Crippen molar-refractivity contribution < 1.29 is 27.4 Å². The summed E-state index contributed by atoms with van der Waals surface area (Å²) in [5.74, 6) is 1.98. The van der Waals surface area contributed by atoms with E-state index in [1.54, 1.807) is 43.5 Å². The quantitative estimate of drug-likeness (QED) is 0.541. The van der Waals surface area contributed by atoms with E-state index in [-0.39, 0.29) is 4.90 Å². The molecule has 9 heteroatoms. The summed E-state index contributed by atoms with van der Waals surface area (Å²) in [5, 5.41) is 0. The minimum atomic E-state index is -3.81. The number of sulfonamides is 1. The van der Waals surface area contributed by atoms with Crippen LogP contribution in [0.3, 0.4) is 0 Å². The molecule has 1 unspecified atom stereocenters. The Labute approximate surface area is 187 Å². The fraction of sp³-hybridized carbons (Fsp3) is 0.304. The van der Waals surface area contributed by atoms with E-state index in [1.807, 2.05) is 18.3 Å². The fourth-order valence-corrected chi connectivity index (χ4v) is 5.68. The Bertz CT molecular complexity index is 1180. The number of ether oxygens (including phenoxy) is 4. The zero-order chi connectivity index (χ0) is 22.9. The lowest BCUT2D eigenvalue weighted by Gasteiger charge is -2.36. The Kier molecular flexibility index (Phi) is 6.03. The summed E-state index contributed by atoms with van der Waals surface area (Å²) in [4.78, 5) is 0.204. The minimum absolute atomic E-state index is 0.204. The van der Waals surface area contributed by atoms with Gasteiger partial charge in [0.25, 0.3) is 0 Å². The Balaban J connectivity index is 1.87. The molecular formula is C23H26N2O6S. The van der Waals surface area contributed by atoms with Crippen molar-refractivity contribution in [3.63, 3.8) is 0 Å². The minimum Gasteiger partial charge on any atom is -0.497 e. The average Bonchev–Trinajstić information content (AvgIpc) is 3.31. The molecular weight excluding hydrogens is 432 g/mol. The van der Waals surface area contributed by atoms with Crippen molar-refractivity contribution in [2.45, 2.75) is 17.5 Å². The Morgan fingerprint density at radius 1 is 0.844 bits per heavy atom. The molecule has 0 fully saturated rings. The maximum atomic E-state index is 13.7. The zero-order valence-corrected chi connectivity index (χ0v) is 19.3. The van der Waals surface area contributed by atoms with Gasteiger partial charge >= 0.3 is 0 Å². The van der Waals surface area contributed by atoms with Crippen LogP contribution in [-0.2, 0) is 16.6 Å². The number of rotatable bonds is 7. The predicted molar refractivity (Wildman–Crippen MR) is 119 cm³/mol. The molecule has 0 saturated heterocycles. The van der Waals surface area contributed by atoms with Crippen LogP contribution in [0.2, 0.25) is 0 Å². The van der Waals surface area contributed by atoms with Gasteiger partial charge in [0.15, 0.2) is 11.5 Å². The van der Waals surface area contributed by atoms with Gasteiger partial charge in [0.1, 0.15) is 5.75 Å². The van der Waals surface area contributed by atoms with Crippen molar-refractivity contribution >= 4 is 10.0 Å². The van der Waals surface area contributed by atoms with Crippen LogP contribution in [0.1, 0.15) is 17.3 Å². The molecule has 0 bridgehead atoms. The maximum absolute atomic E-state index is 13.7. The van der Waals surface area contributed by atoms with Gasteiger partial charge in [0, 0.05) is 25.0 Å². The second-order valence-electron chi connectivity index (χ2n) is 7.28. The maximum Gasteiger partial charge on any atom is 0.244 e. The molecule has 8 nitrogen and oxygen atoms in total. The van der Waals surface area contributed by atoms with Crippen LogP contribution in [0.4, 0.5) is 0 Å². The third-order valence-corrected chi connectivity index (χ3v) is 7.54. The van der Waals surface area contributed by atoms with E-state index in [1.165, 1.54) is 25.6 Å². The van der Waals surface area contributed by atoms with Gasteiger partial charge in [-0.15, -0.1) is 0 Å². The third-order valence-electron chi connectivity index (χ3n) is 5.66. The third kappa shape index (κ3) is 3.67.